The minimum absolute atomic E-state index is 0.882. The number of hydrogen-bond acceptors (Lipinski definition) is 1. The fourth-order valence-corrected chi connectivity index (χ4v) is 12.4. The minimum atomic E-state index is 0.882. The number of fused-ring (bicyclic) bond motifs is 7. The van der Waals surface area contributed by atoms with E-state index in [4.69, 9.17) is 4.42 Å². The van der Waals surface area contributed by atoms with Crippen molar-refractivity contribution in [3.8, 4) is 78.1 Å². The van der Waals surface area contributed by atoms with E-state index in [1.165, 1.54) is 126 Å². The van der Waals surface area contributed by atoms with Crippen LogP contribution in [0.2, 0.25) is 0 Å². The first-order chi connectivity index (χ1) is 37.2. The van der Waals surface area contributed by atoms with E-state index in [9.17, 15) is 0 Å². The molecule has 1 nitrogen and oxygen atoms in total. The number of benzene rings is 14. The quantitative estimate of drug-likeness (QED) is 0.145. The summed E-state index contributed by atoms with van der Waals surface area (Å²) in [5.41, 5.74) is 16.4. The average molecular weight is 951 g/mol. The van der Waals surface area contributed by atoms with E-state index < -0.39 is 0 Å². The first-order valence-corrected chi connectivity index (χ1v) is 25.9. The highest BCUT2D eigenvalue weighted by molar-refractivity contribution is 6.26. The van der Waals surface area contributed by atoms with Crippen LogP contribution in [0, 0.1) is 0 Å². The van der Waals surface area contributed by atoms with Crippen molar-refractivity contribution in [1.82, 2.24) is 0 Å². The predicted octanol–water partition coefficient (Wildman–Crippen LogP) is 21.0. The maximum absolute atomic E-state index is 6.77. The van der Waals surface area contributed by atoms with E-state index in [0.29, 0.717) is 0 Å². The van der Waals surface area contributed by atoms with Gasteiger partial charge in [0, 0.05) is 22.1 Å². The molecule has 0 amide bonds. The molecule has 1 heteroatoms. The summed E-state index contributed by atoms with van der Waals surface area (Å²) < 4.78 is 6.77. The molecule has 14 aromatic carbocycles. The van der Waals surface area contributed by atoms with Crippen molar-refractivity contribution in [1.29, 1.82) is 0 Å². The fourth-order valence-electron chi connectivity index (χ4n) is 12.4. The van der Waals surface area contributed by atoms with Crippen LogP contribution >= 0.6 is 0 Å². The summed E-state index contributed by atoms with van der Waals surface area (Å²) in [4.78, 5) is 0. The van der Waals surface area contributed by atoms with Crippen LogP contribution in [0.3, 0.4) is 0 Å². The van der Waals surface area contributed by atoms with Gasteiger partial charge in [-0.05, 0) is 132 Å². The van der Waals surface area contributed by atoms with E-state index in [0.717, 1.165) is 27.9 Å². The minimum Gasteiger partial charge on any atom is -0.455 e. The van der Waals surface area contributed by atoms with Gasteiger partial charge in [0.2, 0.25) is 0 Å². The van der Waals surface area contributed by atoms with E-state index >= 15 is 0 Å². The summed E-state index contributed by atoms with van der Waals surface area (Å²) in [5.74, 6) is 0.887. The highest BCUT2D eigenvalue weighted by Crippen LogP contribution is 2.51. The Morgan fingerprint density at radius 3 is 1.21 bits per heavy atom. The molecule has 75 heavy (non-hydrogen) atoms. The maximum atomic E-state index is 6.77. The van der Waals surface area contributed by atoms with Gasteiger partial charge in [-0.3, -0.25) is 0 Å². The van der Waals surface area contributed by atoms with Crippen molar-refractivity contribution in [2.24, 2.45) is 0 Å². The molecule has 0 aliphatic carbocycles. The predicted molar refractivity (Wildman–Crippen MR) is 319 cm³/mol. The molecule has 0 saturated heterocycles. The zero-order valence-corrected chi connectivity index (χ0v) is 41.0. The lowest BCUT2D eigenvalue weighted by molar-refractivity contribution is 0.632. The Kier molecular flexibility index (Phi) is 9.96. The second-order valence-electron chi connectivity index (χ2n) is 19.7. The molecule has 0 atom stereocenters. The zero-order chi connectivity index (χ0) is 49.4. The van der Waals surface area contributed by atoms with Crippen LogP contribution in [0.5, 0.6) is 0 Å². The van der Waals surface area contributed by atoms with Crippen LogP contribution in [0.1, 0.15) is 0 Å². The van der Waals surface area contributed by atoms with Crippen molar-refractivity contribution < 1.29 is 4.42 Å². The van der Waals surface area contributed by atoms with E-state index in [1.807, 2.05) is 0 Å². The van der Waals surface area contributed by atoms with Gasteiger partial charge in [-0.2, -0.15) is 0 Å². The number of hydrogen-bond donors (Lipinski definition) is 0. The van der Waals surface area contributed by atoms with Crippen LogP contribution in [0.25, 0.3) is 154 Å². The lowest BCUT2D eigenvalue weighted by atomic mass is 9.83. The second-order valence-corrected chi connectivity index (χ2v) is 19.7. The molecule has 0 spiro atoms. The summed E-state index contributed by atoms with van der Waals surface area (Å²) in [6.07, 6.45) is 0. The van der Waals surface area contributed by atoms with Crippen LogP contribution in [0.15, 0.2) is 283 Å². The van der Waals surface area contributed by atoms with Gasteiger partial charge in [0.05, 0.1) is 0 Å². The number of rotatable bonds is 7. The van der Waals surface area contributed by atoms with Crippen LogP contribution < -0.4 is 0 Å². The molecule has 0 saturated carbocycles. The number of para-hydroxylation sites is 1. The molecule has 1 heterocycles. The van der Waals surface area contributed by atoms with Crippen LogP contribution in [0.4, 0.5) is 0 Å². The van der Waals surface area contributed by atoms with Crippen molar-refractivity contribution >= 4 is 75.6 Å². The molecule has 0 N–H and O–H groups in total. The SMILES string of the molecule is c1ccc(-c2oc3ccccc3c2-c2c3ccccc3c(-c3ccc(-c4ccc5ccccc5c4-c4cccc(-c5c6ccccc6c(-c6cccc7ccccc67)c6ccccc56)c4)cc3)c3ccccc23)cc1. The molecule has 0 fully saturated rings. The van der Waals surface area contributed by atoms with Crippen molar-refractivity contribution in [3.05, 3.63) is 279 Å². The lowest BCUT2D eigenvalue weighted by Crippen LogP contribution is -1.93. The Morgan fingerprint density at radius 2 is 0.600 bits per heavy atom. The van der Waals surface area contributed by atoms with Crippen molar-refractivity contribution in [3.63, 3.8) is 0 Å². The van der Waals surface area contributed by atoms with Crippen molar-refractivity contribution in [2.45, 2.75) is 0 Å². The Morgan fingerprint density at radius 1 is 0.187 bits per heavy atom. The van der Waals surface area contributed by atoms with Crippen LogP contribution in [-0.2, 0) is 0 Å². The Balaban J connectivity index is 0.897. The maximum Gasteiger partial charge on any atom is 0.143 e. The van der Waals surface area contributed by atoms with E-state index in [-0.39, 0.29) is 0 Å². The standard InChI is InChI=1S/C74H46O/c1-2-22-51(23-3-1)74-73(66-37-16-17-39-67(66)75-74)72-64-35-14-10-31-60(64)68(61-32-11-15-36-65(61)72)50-42-40-49(41-43-50)56-45-44-48-21-5-7-28-55(48)69(56)52-25-18-26-53(46-52)70-58-29-8-12-33-62(58)71(63-34-13-9-30-59(63)70)57-38-19-24-47-20-4-6-27-54(47)57/h1-46H. The van der Waals surface area contributed by atoms with Gasteiger partial charge in [0.15, 0.2) is 0 Å². The third kappa shape index (κ3) is 6.86. The summed E-state index contributed by atoms with van der Waals surface area (Å²) in [5, 5.41) is 15.8. The van der Waals surface area contributed by atoms with E-state index in [2.05, 4.69) is 279 Å². The summed E-state index contributed by atoms with van der Waals surface area (Å²) in [6.45, 7) is 0. The normalized spacial score (nSPS) is 11.7. The highest BCUT2D eigenvalue weighted by atomic mass is 16.3. The first-order valence-electron chi connectivity index (χ1n) is 25.9. The van der Waals surface area contributed by atoms with Gasteiger partial charge < -0.3 is 4.42 Å². The van der Waals surface area contributed by atoms with Gasteiger partial charge in [-0.1, -0.05) is 267 Å². The van der Waals surface area contributed by atoms with Gasteiger partial charge in [0.25, 0.3) is 0 Å². The molecule has 0 aliphatic rings. The summed E-state index contributed by atoms with van der Waals surface area (Å²) in [7, 11) is 0. The molecule has 0 bridgehead atoms. The molecular weight excluding hydrogens is 905 g/mol. The summed E-state index contributed by atoms with van der Waals surface area (Å²) >= 11 is 0. The fraction of sp³-hybridized carbons (Fsp3) is 0. The molecular formula is C74H46O. The smallest absolute Gasteiger partial charge is 0.143 e. The Hall–Kier alpha value is -9.82. The second kappa shape index (κ2) is 17.4. The summed E-state index contributed by atoms with van der Waals surface area (Å²) in [6, 6.07) is 102. The Labute approximate surface area is 434 Å². The van der Waals surface area contributed by atoms with Crippen LogP contribution in [-0.4, -0.2) is 0 Å². The third-order valence-electron chi connectivity index (χ3n) is 15.7. The highest BCUT2D eigenvalue weighted by Gasteiger charge is 2.25. The van der Waals surface area contributed by atoms with Gasteiger partial charge in [-0.25, -0.2) is 0 Å². The molecule has 1 aromatic heterocycles. The monoisotopic (exact) mass is 950 g/mol. The first kappa shape index (κ1) is 42.8. The van der Waals surface area contributed by atoms with Gasteiger partial charge in [-0.15, -0.1) is 0 Å². The Bertz CT molecular complexity index is 4630. The topological polar surface area (TPSA) is 13.1 Å². The van der Waals surface area contributed by atoms with E-state index in [1.54, 1.807) is 0 Å². The molecule has 348 valence electrons. The molecule has 0 unspecified atom stereocenters. The largest absolute Gasteiger partial charge is 0.455 e. The molecule has 0 radical (unpaired) electrons. The number of furan rings is 1. The molecule has 15 rings (SSSR count). The van der Waals surface area contributed by atoms with Gasteiger partial charge >= 0.3 is 0 Å². The average Bonchev–Trinajstić information content (AvgIpc) is 3.87. The van der Waals surface area contributed by atoms with Crippen molar-refractivity contribution in [2.75, 3.05) is 0 Å². The van der Waals surface area contributed by atoms with Gasteiger partial charge in [0.1, 0.15) is 11.3 Å². The zero-order valence-electron chi connectivity index (χ0n) is 41.0. The molecule has 15 aromatic rings. The lowest BCUT2D eigenvalue weighted by Gasteiger charge is -2.20. The third-order valence-corrected chi connectivity index (χ3v) is 15.7. The molecule has 0 aliphatic heterocycles.